The number of methoxy groups -OCH3 is 1. The molecular formula is C12H12ClN3O3. The molecule has 0 aliphatic heterocycles. The minimum absolute atomic E-state index is 0.0941. The van der Waals surface area contributed by atoms with Crippen LogP contribution in [0.1, 0.15) is 0 Å². The minimum atomic E-state index is -0.714. The van der Waals surface area contributed by atoms with E-state index in [1.807, 2.05) is 0 Å². The maximum absolute atomic E-state index is 11.5. The van der Waals surface area contributed by atoms with Crippen molar-refractivity contribution in [2.45, 2.75) is 0 Å². The zero-order valence-corrected chi connectivity index (χ0v) is 11.0. The molecule has 1 rings (SSSR count). The number of nitrogens with one attached hydrogen (secondary N) is 1. The Morgan fingerprint density at radius 2 is 2.37 bits per heavy atom. The van der Waals surface area contributed by atoms with Crippen LogP contribution in [0.25, 0.3) is 0 Å². The van der Waals surface area contributed by atoms with Crippen LogP contribution in [0.2, 0.25) is 5.15 Å². The number of nitriles is 1. The molecule has 7 heteroatoms. The molecule has 0 saturated carbocycles. The van der Waals surface area contributed by atoms with Crippen LogP contribution in [-0.2, 0) is 14.3 Å². The van der Waals surface area contributed by atoms with Crippen molar-refractivity contribution in [2.24, 2.45) is 0 Å². The van der Waals surface area contributed by atoms with Crippen LogP contribution in [0.3, 0.4) is 0 Å². The zero-order chi connectivity index (χ0) is 14.1. The quantitative estimate of drug-likeness (QED) is 0.281. The average Bonchev–Trinajstić information content (AvgIpc) is 2.42. The summed E-state index contributed by atoms with van der Waals surface area (Å²) in [5.74, 6) is -0.714. The molecule has 1 N–H and O–H groups in total. The number of ether oxygens (including phenoxy) is 2. The van der Waals surface area contributed by atoms with Crippen LogP contribution in [0.4, 0.5) is 5.69 Å². The number of aromatic nitrogens is 1. The fraction of sp³-hybridized carbons (Fsp3) is 0.250. The first-order valence-electron chi connectivity index (χ1n) is 5.31. The van der Waals surface area contributed by atoms with E-state index in [1.165, 1.54) is 19.5 Å². The summed E-state index contributed by atoms with van der Waals surface area (Å²) >= 11 is 5.63. The number of pyridine rings is 1. The van der Waals surface area contributed by atoms with Gasteiger partial charge in [0, 0.05) is 13.3 Å². The third-order valence-electron chi connectivity index (χ3n) is 1.97. The second-order valence-electron chi connectivity index (χ2n) is 3.31. The summed E-state index contributed by atoms with van der Waals surface area (Å²) in [5.41, 5.74) is 0.452. The highest BCUT2D eigenvalue weighted by molar-refractivity contribution is 6.29. The number of carbonyl (C=O) groups excluding carboxylic acids is 1. The second-order valence-corrected chi connectivity index (χ2v) is 3.70. The smallest absolute Gasteiger partial charge is 0.350 e. The molecule has 0 unspecified atom stereocenters. The molecule has 1 heterocycles. The number of carbonyl (C=O) groups is 1. The maximum atomic E-state index is 11.5. The van der Waals surface area contributed by atoms with E-state index in [9.17, 15) is 4.79 Å². The van der Waals surface area contributed by atoms with Gasteiger partial charge in [-0.2, -0.15) is 5.26 Å². The van der Waals surface area contributed by atoms with Crippen molar-refractivity contribution < 1.29 is 14.3 Å². The average molecular weight is 282 g/mol. The van der Waals surface area contributed by atoms with E-state index in [0.29, 0.717) is 10.8 Å². The maximum Gasteiger partial charge on any atom is 0.350 e. The van der Waals surface area contributed by atoms with E-state index >= 15 is 0 Å². The number of esters is 1. The second kappa shape index (κ2) is 8.08. The van der Waals surface area contributed by atoms with Crippen molar-refractivity contribution in [2.75, 3.05) is 25.6 Å². The summed E-state index contributed by atoms with van der Waals surface area (Å²) in [5, 5.41) is 12.0. The number of hydrogen-bond donors (Lipinski definition) is 1. The molecule has 100 valence electrons. The molecule has 0 aliphatic carbocycles. The molecule has 0 aliphatic rings. The zero-order valence-electron chi connectivity index (χ0n) is 10.2. The van der Waals surface area contributed by atoms with Gasteiger partial charge in [-0.15, -0.1) is 0 Å². The van der Waals surface area contributed by atoms with Crippen molar-refractivity contribution in [3.8, 4) is 6.07 Å². The van der Waals surface area contributed by atoms with Gasteiger partial charge in [0.05, 0.1) is 18.5 Å². The lowest BCUT2D eigenvalue weighted by Crippen LogP contribution is -2.12. The lowest BCUT2D eigenvalue weighted by atomic mass is 10.3. The summed E-state index contributed by atoms with van der Waals surface area (Å²) in [4.78, 5) is 15.3. The van der Waals surface area contributed by atoms with Crippen LogP contribution >= 0.6 is 11.6 Å². The first-order valence-corrected chi connectivity index (χ1v) is 5.69. The van der Waals surface area contributed by atoms with Crippen molar-refractivity contribution >= 4 is 23.3 Å². The summed E-state index contributed by atoms with van der Waals surface area (Å²) in [6.07, 6.45) is 2.73. The monoisotopic (exact) mass is 281 g/mol. The highest BCUT2D eigenvalue weighted by Gasteiger charge is 2.09. The number of anilines is 1. The van der Waals surface area contributed by atoms with Gasteiger partial charge in [-0.1, -0.05) is 11.6 Å². The molecule has 0 bridgehead atoms. The largest absolute Gasteiger partial charge is 0.459 e. The van der Waals surface area contributed by atoms with E-state index in [-0.39, 0.29) is 18.8 Å². The molecule has 1 aromatic heterocycles. The third kappa shape index (κ3) is 5.38. The van der Waals surface area contributed by atoms with E-state index in [0.717, 1.165) is 0 Å². The summed E-state index contributed by atoms with van der Waals surface area (Å²) in [6, 6.07) is 4.99. The topological polar surface area (TPSA) is 84.2 Å². The molecule has 6 nitrogen and oxygen atoms in total. The van der Waals surface area contributed by atoms with Crippen LogP contribution in [0, 0.1) is 11.3 Å². The number of hydrogen-bond acceptors (Lipinski definition) is 6. The standard InChI is InChI=1S/C12H12ClN3O3/c1-18-4-5-19-12(17)9(6-14)7-15-10-2-3-11(13)16-8-10/h2-3,7-8,15H,4-5H2,1H3/b9-7+. The van der Waals surface area contributed by atoms with Crippen LogP contribution in [-0.4, -0.2) is 31.3 Å². The van der Waals surface area contributed by atoms with E-state index in [1.54, 1.807) is 18.2 Å². The van der Waals surface area contributed by atoms with Gasteiger partial charge in [-0.25, -0.2) is 9.78 Å². The minimum Gasteiger partial charge on any atom is -0.459 e. The van der Waals surface area contributed by atoms with Gasteiger partial charge in [0.1, 0.15) is 17.8 Å². The normalized spacial score (nSPS) is 10.7. The van der Waals surface area contributed by atoms with Crippen molar-refractivity contribution in [3.63, 3.8) is 0 Å². The molecule has 1 aromatic rings. The Hall–Kier alpha value is -2.10. The predicted molar refractivity (Wildman–Crippen MR) is 69.4 cm³/mol. The lowest BCUT2D eigenvalue weighted by Gasteiger charge is -2.04. The fourth-order valence-electron chi connectivity index (χ4n) is 1.05. The van der Waals surface area contributed by atoms with Crippen molar-refractivity contribution in [1.29, 1.82) is 5.26 Å². The van der Waals surface area contributed by atoms with Gasteiger partial charge < -0.3 is 14.8 Å². The lowest BCUT2D eigenvalue weighted by molar-refractivity contribution is -0.139. The molecule has 0 amide bonds. The molecule has 0 spiro atoms. The van der Waals surface area contributed by atoms with Gasteiger partial charge >= 0.3 is 5.97 Å². The van der Waals surface area contributed by atoms with Crippen molar-refractivity contribution in [1.82, 2.24) is 4.98 Å². The molecular weight excluding hydrogens is 270 g/mol. The summed E-state index contributed by atoms with van der Waals surface area (Å²) < 4.78 is 9.54. The predicted octanol–water partition coefficient (Wildman–Crippen LogP) is 1.74. The molecule has 0 atom stereocenters. The van der Waals surface area contributed by atoms with Gasteiger partial charge in [-0.3, -0.25) is 0 Å². The van der Waals surface area contributed by atoms with Gasteiger partial charge in [-0.05, 0) is 12.1 Å². The molecule has 19 heavy (non-hydrogen) atoms. The molecule has 0 fully saturated rings. The van der Waals surface area contributed by atoms with Crippen molar-refractivity contribution in [3.05, 3.63) is 35.3 Å². The van der Waals surface area contributed by atoms with E-state index < -0.39 is 5.97 Å². The van der Waals surface area contributed by atoms with Gasteiger partial charge in [0.15, 0.2) is 5.57 Å². The SMILES string of the molecule is COCCOC(=O)/C(C#N)=C/Nc1ccc(Cl)nc1. The first-order chi connectivity index (χ1) is 9.17. The Morgan fingerprint density at radius 3 is 2.95 bits per heavy atom. The Bertz CT molecular complexity index is 494. The number of rotatable bonds is 6. The van der Waals surface area contributed by atoms with Gasteiger partial charge in [0.2, 0.25) is 0 Å². The van der Waals surface area contributed by atoms with Crippen LogP contribution < -0.4 is 5.32 Å². The molecule has 0 aromatic carbocycles. The Kier molecular flexibility index (Phi) is 6.36. The summed E-state index contributed by atoms with van der Waals surface area (Å²) in [7, 11) is 1.49. The van der Waals surface area contributed by atoms with Gasteiger partial charge in [0.25, 0.3) is 0 Å². The fourth-order valence-corrected chi connectivity index (χ4v) is 1.16. The van der Waals surface area contributed by atoms with E-state index in [2.05, 4.69) is 10.3 Å². The Balaban J connectivity index is 2.59. The van der Waals surface area contributed by atoms with Crippen LogP contribution in [0.5, 0.6) is 0 Å². The third-order valence-corrected chi connectivity index (χ3v) is 2.20. The Morgan fingerprint density at radius 1 is 1.58 bits per heavy atom. The highest BCUT2D eigenvalue weighted by Crippen LogP contribution is 2.10. The van der Waals surface area contributed by atoms with E-state index in [4.69, 9.17) is 26.3 Å². The highest BCUT2D eigenvalue weighted by atomic mass is 35.5. The first kappa shape index (κ1) is 15.0. The van der Waals surface area contributed by atoms with Crippen LogP contribution in [0.15, 0.2) is 30.1 Å². The number of halogens is 1. The molecule has 0 saturated heterocycles. The summed E-state index contributed by atoms with van der Waals surface area (Å²) in [6.45, 7) is 0.371. The molecule has 0 radical (unpaired) electrons. The number of nitrogens with zero attached hydrogens (tertiary/aromatic N) is 2. The Labute approximate surface area is 115 Å².